The highest BCUT2D eigenvalue weighted by atomic mass is 16.6. The minimum absolute atomic E-state index is 0.129. The van der Waals surface area contributed by atoms with Crippen molar-refractivity contribution in [2.75, 3.05) is 7.11 Å². The van der Waals surface area contributed by atoms with E-state index in [4.69, 9.17) is 4.74 Å². The van der Waals surface area contributed by atoms with Gasteiger partial charge in [-0.15, -0.1) is 10.2 Å². The van der Waals surface area contributed by atoms with Crippen LogP contribution in [0.1, 0.15) is 11.9 Å². The van der Waals surface area contributed by atoms with Crippen LogP contribution in [0, 0.1) is 10.1 Å². The largest absolute Gasteiger partial charge is 0.494 e. The topological polar surface area (TPSA) is 128 Å². The number of aromatic nitrogens is 2. The van der Waals surface area contributed by atoms with Crippen LogP contribution >= 0.6 is 0 Å². The fourth-order valence-electron chi connectivity index (χ4n) is 2.16. The highest BCUT2D eigenvalue weighted by Crippen LogP contribution is 2.29. The van der Waals surface area contributed by atoms with Gasteiger partial charge in [0.15, 0.2) is 5.82 Å². The zero-order chi connectivity index (χ0) is 19.8. The Morgan fingerprint density at radius 3 is 2.46 bits per heavy atom. The average molecular weight is 377 g/mol. The maximum Gasteiger partial charge on any atom is 0.287 e. The van der Waals surface area contributed by atoms with Gasteiger partial charge >= 0.3 is 0 Å². The summed E-state index contributed by atoms with van der Waals surface area (Å²) in [5.74, 6) is 0.777. The molecule has 28 heavy (non-hydrogen) atoms. The number of methoxy groups -OCH3 is 1. The van der Waals surface area contributed by atoms with Gasteiger partial charge in [0.25, 0.3) is 5.69 Å². The van der Waals surface area contributed by atoms with E-state index >= 15 is 0 Å². The van der Waals surface area contributed by atoms with Gasteiger partial charge in [0, 0.05) is 12.3 Å². The number of nitro groups is 1. The molecule has 10 heteroatoms. The van der Waals surface area contributed by atoms with Gasteiger partial charge in [-0.05, 0) is 30.3 Å². The van der Waals surface area contributed by atoms with Crippen molar-refractivity contribution in [2.24, 2.45) is 20.5 Å². The third-order valence-electron chi connectivity index (χ3n) is 3.52. The summed E-state index contributed by atoms with van der Waals surface area (Å²) < 4.78 is 5.25. The van der Waals surface area contributed by atoms with Crippen molar-refractivity contribution in [3.63, 3.8) is 0 Å². The van der Waals surface area contributed by atoms with Crippen molar-refractivity contribution in [3.8, 4) is 5.75 Å². The van der Waals surface area contributed by atoms with E-state index in [1.807, 2.05) is 12.1 Å². The van der Waals surface area contributed by atoms with Crippen LogP contribution < -0.4 is 4.74 Å². The Kier molecular flexibility index (Phi) is 6.03. The van der Waals surface area contributed by atoms with Crippen molar-refractivity contribution in [3.05, 3.63) is 82.8 Å². The molecule has 10 nitrogen and oxygen atoms in total. The zero-order valence-corrected chi connectivity index (χ0v) is 14.8. The van der Waals surface area contributed by atoms with Crippen molar-refractivity contribution in [2.45, 2.75) is 6.17 Å². The number of rotatable bonds is 7. The van der Waals surface area contributed by atoms with Gasteiger partial charge in [-0.3, -0.25) is 15.1 Å². The predicted molar refractivity (Wildman–Crippen MR) is 99.9 cm³/mol. The van der Waals surface area contributed by atoms with Gasteiger partial charge in [0.1, 0.15) is 17.6 Å². The fraction of sp³-hybridized carbons (Fsp3) is 0.111. The van der Waals surface area contributed by atoms with Crippen LogP contribution in [-0.4, -0.2) is 22.0 Å². The lowest BCUT2D eigenvalue weighted by Gasteiger charge is -2.05. The molecular formula is C18H15N7O3. The molecule has 0 aliphatic carbocycles. The lowest BCUT2D eigenvalue weighted by atomic mass is 10.3. The maximum atomic E-state index is 10.7. The molecule has 3 rings (SSSR count). The highest BCUT2D eigenvalue weighted by Gasteiger charge is 2.12. The first kappa shape index (κ1) is 18.7. The molecule has 2 aromatic heterocycles. The molecule has 1 aromatic carbocycles. The quantitative estimate of drug-likeness (QED) is 0.326. The monoisotopic (exact) mass is 377 g/mol. The Morgan fingerprint density at radius 1 is 1.00 bits per heavy atom. The fourth-order valence-corrected chi connectivity index (χ4v) is 2.16. The molecule has 0 fully saturated rings. The summed E-state index contributed by atoms with van der Waals surface area (Å²) in [6.07, 6.45) is 1.91. The number of ether oxygens (including phenoxy) is 1. The molecule has 2 heterocycles. The molecule has 0 amide bonds. The summed E-state index contributed by atoms with van der Waals surface area (Å²) >= 11 is 0. The molecule has 3 aromatic rings. The van der Waals surface area contributed by atoms with E-state index < -0.39 is 11.1 Å². The van der Waals surface area contributed by atoms with E-state index in [1.54, 1.807) is 43.6 Å². The van der Waals surface area contributed by atoms with Crippen molar-refractivity contribution in [1.29, 1.82) is 0 Å². The molecule has 1 atom stereocenters. The minimum Gasteiger partial charge on any atom is -0.494 e. The number of azo groups is 2. The molecule has 1 unspecified atom stereocenters. The lowest BCUT2D eigenvalue weighted by molar-refractivity contribution is -0.385. The number of para-hydroxylation sites is 1. The van der Waals surface area contributed by atoms with E-state index in [2.05, 4.69) is 30.4 Å². The van der Waals surface area contributed by atoms with Crippen LogP contribution in [0.2, 0.25) is 0 Å². The Labute approximate surface area is 159 Å². The number of benzene rings is 1. The van der Waals surface area contributed by atoms with Crippen LogP contribution in [-0.2, 0) is 0 Å². The van der Waals surface area contributed by atoms with Crippen LogP contribution in [0.4, 0.5) is 17.2 Å². The molecule has 0 saturated heterocycles. The first-order valence-electron chi connectivity index (χ1n) is 8.13. The molecule has 0 spiro atoms. The maximum absolute atomic E-state index is 10.7. The summed E-state index contributed by atoms with van der Waals surface area (Å²) in [5.41, 5.74) is 0.942. The van der Waals surface area contributed by atoms with Crippen LogP contribution in [0.5, 0.6) is 5.75 Å². The van der Waals surface area contributed by atoms with Crippen molar-refractivity contribution < 1.29 is 9.66 Å². The Morgan fingerprint density at radius 2 is 1.79 bits per heavy atom. The minimum atomic E-state index is -0.817. The van der Waals surface area contributed by atoms with Crippen molar-refractivity contribution >= 4 is 17.2 Å². The van der Waals surface area contributed by atoms with Gasteiger partial charge in [0.05, 0.1) is 17.7 Å². The molecule has 0 aliphatic rings. The number of hydrogen-bond acceptors (Lipinski definition) is 9. The lowest BCUT2D eigenvalue weighted by Crippen LogP contribution is -1.94. The zero-order valence-electron chi connectivity index (χ0n) is 14.8. The Balaban J connectivity index is 1.87. The van der Waals surface area contributed by atoms with Gasteiger partial charge in [0.2, 0.25) is 6.17 Å². The molecule has 0 N–H and O–H groups in total. The first-order chi connectivity index (χ1) is 13.7. The average Bonchev–Trinajstić information content (AvgIpc) is 2.75. The normalized spacial score (nSPS) is 12.3. The number of hydrogen-bond donors (Lipinski definition) is 0. The molecular weight excluding hydrogens is 362 g/mol. The summed E-state index contributed by atoms with van der Waals surface area (Å²) in [6, 6.07) is 15.2. The van der Waals surface area contributed by atoms with E-state index in [-0.39, 0.29) is 11.5 Å². The van der Waals surface area contributed by atoms with E-state index in [1.165, 1.54) is 12.1 Å². The molecule has 0 radical (unpaired) electrons. The van der Waals surface area contributed by atoms with E-state index in [9.17, 15) is 10.1 Å². The first-order valence-corrected chi connectivity index (χ1v) is 8.13. The molecule has 0 bridgehead atoms. The van der Waals surface area contributed by atoms with Gasteiger partial charge in [-0.2, -0.15) is 10.2 Å². The van der Waals surface area contributed by atoms with E-state index in [0.29, 0.717) is 17.1 Å². The summed E-state index contributed by atoms with van der Waals surface area (Å²) in [6.45, 7) is 0. The smallest absolute Gasteiger partial charge is 0.287 e. The third kappa shape index (κ3) is 4.75. The van der Waals surface area contributed by atoms with Gasteiger partial charge in [-0.1, -0.05) is 18.2 Å². The number of pyridine rings is 2. The standard InChI is InChI=1S/C18H15N7O3/c1-28-16-8-3-2-6-14(16)21-23-18(15-7-4-5-11-19-15)24-22-17-10-9-13(12-20-17)25(26)27/h2-12,18H,1H3. The SMILES string of the molecule is COc1ccccc1N=NC(N=Nc1ccc([N+](=O)[O-])cn1)c1ccccn1. The van der Waals surface area contributed by atoms with E-state index in [0.717, 1.165) is 6.20 Å². The second kappa shape index (κ2) is 9.03. The Bertz CT molecular complexity index is 992. The second-order valence-electron chi connectivity index (χ2n) is 5.36. The van der Waals surface area contributed by atoms with Crippen molar-refractivity contribution in [1.82, 2.24) is 9.97 Å². The predicted octanol–water partition coefficient (Wildman–Crippen LogP) is 4.96. The second-order valence-corrected chi connectivity index (χ2v) is 5.36. The van der Waals surface area contributed by atoms with Gasteiger partial charge in [-0.25, -0.2) is 4.98 Å². The third-order valence-corrected chi connectivity index (χ3v) is 3.52. The Hall–Kier alpha value is -4.08. The number of nitrogens with zero attached hydrogens (tertiary/aromatic N) is 7. The van der Waals surface area contributed by atoms with Crippen LogP contribution in [0.3, 0.4) is 0 Å². The molecule has 140 valence electrons. The van der Waals surface area contributed by atoms with Crippen LogP contribution in [0.15, 0.2) is 87.4 Å². The molecule has 0 aliphatic heterocycles. The van der Waals surface area contributed by atoms with Gasteiger partial charge < -0.3 is 4.74 Å². The highest BCUT2D eigenvalue weighted by molar-refractivity contribution is 5.50. The van der Waals surface area contributed by atoms with Crippen LogP contribution in [0.25, 0.3) is 0 Å². The summed E-state index contributed by atoms with van der Waals surface area (Å²) in [4.78, 5) is 18.3. The summed E-state index contributed by atoms with van der Waals surface area (Å²) in [5, 5.41) is 27.3. The summed E-state index contributed by atoms with van der Waals surface area (Å²) in [7, 11) is 1.55. The molecule has 0 saturated carbocycles.